The van der Waals surface area contributed by atoms with Gasteiger partial charge in [-0.25, -0.2) is 0 Å². The molecule has 0 aliphatic carbocycles. The summed E-state index contributed by atoms with van der Waals surface area (Å²) in [6.07, 6.45) is 0. The molecule has 1 heterocycles. The maximum Gasteiger partial charge on any atom is 0.254 e. The van der Waals surface area contributed by atoms with Crippen LogP contribution in [0.15, 0.2) is 18.2 Å². The van der Waals surface area contributed by atoms with Crippen molar-refractivity contribution in [1.29, 1.82) is 0 Å². The number of rotatable bonds is 3. The molecule has 0 saturated carbocycles. The number of piperazine rings is 1. The van der Waals surface area contributed by atoms with E-state index in [2.05, 4.69) is 5.32 Å². The Labute approximate surface area is 125 Å². The minimum atomic E-state index is -0.101. The van der Waals surface area contributed by atoms with E-state index in [9.17, 15) is 9.59 Å². The highest BCUT2D eigenvalue weighted by molar-refractivity contribution is 5.97. The normalized spacial score (nSPS) is 14.9. The quantitative estimate of drug-likeness (QED) is 0.896. The number of amides is 2. The van der Waals surface area contributed by atoms with Crippen molar-refractivity contribution in [2.24, 2.45) is 0 Å². The van der Waals surface area contributed by atoms with Crippen molar-refractivity contribution < 1.29 is 9.59 Å². The van der Waals surface area contributed by atoms with Gasteiger partial charge in [-0.3, -0.25) is 9.59 Å². The molecule has 5 heteroatoms. The number of carbonyl (C=O) groups is 2. The molecule has 0 aromatic heterocycles. The van der Waals surface area contributed by atoms with E-state index < -0.39 is 0 Å². The predicted molar refractivity (Wildman–Crippen MR) is 82.3 cm³/mol. The van der Waals surface area contributed by atoms with E-state index in [4.69, 9.17) is 0 Å². The Bertz CT molecular complexity index is 536. The fourth-order valence-electron chi connectivity index (χ4n) is 2.55. The Hall–Kier alpha value is -1.88. The summed E-state index contributed by atoms with van der Waals surface area (Å²) in [4.78, 5) is 27.9. The molecule has 1 fully saturated rings. The minimum absolute atomic E-state index is 0.0112. The van der Waals surface area contributed by atoms with Crippen LogP contribution < -0.4 is 5.32 Å². The Balaban J connectivity index is 2.00. The van der Waals surface area contributed by atoms with Crippen LogP contribution in [0.3, 0.4) is 0 Å². The lowest BCUT2D eigenvalue weighted by atomic mass is 10.0. The van der Waals surface area contributed by atoms with Gasteiger partial charge in [0, 0.05) is 38.8 Å². The van der Waals surface area contributed by atoms with Crippen LogP contribution in [0.5, 0.6) is 0 Å². The molecule has 1 aromatic rings. The fourth-order valence-corrected chi connectivity index (χ4v) is 2.55. The Morgan fingerprint density at radius 2 is 1.90 bits per heavy atom. The number of benzene rings is 1. The lowest BCUT2D eigenvalue weighted by Crippen LogP contribution is -2.49. The maximum absolute atomic E-state index is 12.4. The number of carbonyl (C=O) groups excluding carboxylic acids is 2. The van der Waals surface area contributed by atoms with Gasteiger partial charge in [0.1, 0.15) is 0 Å². The molecule has 1 aliphatic heterocycles. The average molecular weight is 289 g/mol. The van der Waals surface area contributed by atoms with Gasteiger partial charge in [-0.2, -0.15) is 0 Å². The van der Waals surface area contributed by atoms with Gasteiger partial charge in [-0.05, 0) is 25.5 Å². The lowest BCUT2D eigenvalue weighted by molar-refractivity contribution is -0.132. The molecule has 114 valence electrons. The zero-order valence-corrected chi connectivity index (χ0v) is 13.0. The summed E-state index contributed by atoms with van der Waals surface area (Å²) < 4.78 is 0. The zero-order chi connectivity index (χ0) is 15.4. The van der Waals surface area contributed by atoms with Crippen LogP contribution >= 0.6 is 0 Å². The largest absolute Gasteiger partial charge is 0.339 e. The van der Waals surface area contributed by atoms with Gasteiger partial charge in [-0.1, -0.05) is 17.7 Å². The third-order valence-electron chi connectivity index (χ3n) is 3.80. The van der Waals surface area contributed by atoms with E-state index in [0.717, 1.165) is 24.2 Å². The summed E-state index contributed by atoms with van der Waals surface area (Å²) in [7, 11) is 1.68. The number of nitrogens with zero attached hydrogens (tertiary/aromatic N) is 2. The number of hydrogen-bond donors (Lipinski definition) is 1. The molecule has 0 atom stereocenters. The number of aryl methyl sites for hydroxylation is 2. The van der Waals surface area contributed by atoms with Gasteiger partial charge in [0.2, 0.25) is 5.91 Å². The summed E-state index contributed by atoms with van der Waals surface area (Å²) in [6.45, 7) is 7.12. The topological polar surface area (TPSA) is 52.7 Å². The van der Waals surface area contributed by atoms with Crippen LogP contribution in [0.4, 0.5) is 0 Å². The first-order valence-electron chi connectivity index (χ1n) is 7.30. The van der Waals surface area contributed by atoms with E-state index in [1.165, 1.54) is 4.90 Å². The van der Waals surface area contributed by atoms with E-state index in [1.54, 1.807) is 7.05 Å². The number of likely N-dealkylation sites (N-methyl/N-ethyl adjacent to an activating group) is 1. The molecule has 1 aliphatic rings. The molecule has 21 heavy (non-hydrogen) atoms. The van der Waals surface area contributed by atoms with E-state index in [-0.39, 0.29) is 18.4 Å². The molecule has 0 radical (unpaired) electrons. The SMILES string of the molecule is Cc1ccc(C(=O)N(C)CC(=O)N2CCNCC2)c(C)c1. The molecule has 1 aromatic carbocycles. The Morgan fingerprint density at radius 1 is 1.24 bits per heavy atom. The predicted octanol–water partition coefficient (Wildman–Crippen LogP) is 0.807. The van der Waals surface area contributed by atoms with Gasteiger partial charge in [0.15, 0.2) is 0 Å². The summed E-state index contributed by atoms with van der Waals surface area (Å²) in [5.41, 5.74) is 2.74. The molecule has 0 unspecified atom stereocenters. The van der Waals surface area contributed by atoms with E-state index in [0.29, 0.717) is 18.7 Å². The zero-order valence-electron chi connectivity index (χ0n) is 13.0. The van der Waals surface area contributed by atoms with Crippen LogP contribution in [0.1, 0.15) is 21.5 Å². The molecule has 0 spiro atoms. The van der Waals surface area contributed by atoms with Gasteiger partial charge in [-0.15, -0.1) is 0 Å². The second-order valence-electron chi connectivity index (χ2n) is 5.61. The first-order chi connectivity index (χ1) is 9.99. The van der Waals surface area contributed by atoms with Crippen molar-refractivity contribution in [1.82, 2.24) is 15.1 Å². The molecule has 1 saturated heterocycles. The third-order valence-corrected chi connectivity index (χ3v) is 3.80. The Kier molecular flexibility index (Phi) is 4.96. The first kappa shape index (κ1) is 15.5. The average Bonchev–Trinajstić information content (AvgIpc) is 2.47. The van der Waals surface area contributed by atoms with Gasteiger partial charge >= 0.3 is 0 Å². The van der Waals surface area contributed by atoms with Gasteiger partial charge < -0.3 is 15.1 Å². The third kappa shape index (κ3) is 3.82. The molecular formula is C16H23N3O2. The summed E-state index contributed by atoms with van der Waals surface area (Å²) in [6, 6.07) is 5.74. The second-order valence-corrected chi connectivity index (χ2v) is 5.61. The first-order valence-corrected chi connectivity index (χ1v) is 7.30. The van der Waals surface area contributed by atoms with Crippen molar-refractivity contribution in [3.8, 4) is 0 Å². The fraction of sp³-hybridized carbons (Fsp3) is 0.500. The minimum Gasteiger partial charge on any atom is -0.339 e. The number of hydrogen-bond acceptors (Lipinski definition) is 3. The van der Waals surface area contributed by atoms with E-state index >= 15 is 0 Å². The monoisotopic (exact) mass is 289 g/mol. The molecule has 2 rings (SSSR count). The highest BCUT2D eigenvalue weighted by Gasteiger charge is 2.21. The van der Waals surface area contributed by atoms with Crippen LogP contribution in [0.2, 0.25) is 0 Å². The molecule has 1 N–H and O–H groups in total. The van der Waals surface area contributed by atoms with Crippen molar-refractivity contribution in [3.63, 3.8) is 0 Å². The van der Waals surface area contributed by atoms with Crippen LogP contribution in [0.25, 0.3) is 0 Å². The Morgan fingerprint density at radius 3 is 2.52 bits per heavy atom. The lowest BCUT2D eigenvalue weighted by Gasteiger charge is -2.29. The summed E-state index contributed by atoms with van der Waals surface area (Å²) >= 11 is 0. The molecule has 5 nitrogen and oxygen atoms in total. The maximum atomic E-state index is 12.4. The molecular weight excluding hydrogens is 266 g/mol. The second kappa shape index (κ2) is 6.72. The van der Waals surface area contributed by atoms with Crippen molar-refractivity contribution in [3.05, 3.63) is 34.9 Å². The van der Waals surface area contributed by atoms with Gasteiger partial charge in [0.25, 0.3) is 5.91 Å². The van der Waals surface area contributed by atoms with Crippen LogP contribution in [-0.2, 0) is 4.79 Å². The van der Waals surface area contributed by atoms with Gasteiger partial charge in [0.05, 0.1) is 6.54 Å². The standard InChI is InChI=1S/C16H23N3O2/c1-12-4-5-14(13(2)10-12)16(21)18(3)11-15(20)19-8-6-17-7-9-19/h4-5,10,17H,6-9,11H2,1-3H3. The molecule has 0 bridgehead atoms. The van der Waals surface area contributed by atoms with Crippen LogP contribution in [0, 0.1) is 13.8 Å². The highest BCUT2D eigenvalue weighted by atomic mass is 16.2. The van der Waals surface area contributed by atoms with E-state index in [1.807, 2.05) is 36.9 Å². The van der Waals surface area contributed by atoms with Crippen LogP contribution in [-0.4, -0.2) is 61.4 Å². The summed E-state index contributed by atoms with van der Waals surface area (Å²) in [5.74, 6) is -0.0897. The summed E-state index contributed by atoms with van der Waals surface area (Å²) in [5, 5.41) is 3.21. The number of nitrogens with one attached hydrogen (secondary N) is 1. The smallest absolute Gasteiger partial charge is 0.254 e. The van der Waals surface area contributed by atoms with Crippen molar-refractivity contribution in [2.45, 2.75) is 13.8 Å². The van der Waals surface area contributed by atoms with Crippen molar-refractivity contribution in [2.75, 3.05) is 39.8 Å². The highest BCUT2D eigenvalue weighted by Crippen LogP contribution is 2.12. The van der Waals surface area contributed by atoms with Crippen molar-refractivity contribution >= 4 is 11.8 Å². The molecule has 2 amide bonds.